The lowest BCUT2D eigenvalue weighted by molar-refractivity contribution is 0.0539. The molecule has 1 aromatic heterocycles. The summed E-state index contributed by atoms with van der Waals surface area (Å²) in [6.07, 6.45) is 0.804. The number of methoxy groups -OCH3 is 2. The summed E-state index contributed by atoms with van der Waals surface area (Å²) in [6.45, 7) is 2.38. The SMILES string of the molecule is COC(=O)c1nnn(C2CCN(S(=O)(=O)c3ccc(C)cc3)CC2)c1C(=O)OC. The Morgan fingerprint density at radius 1 is 1.03 bits per heavy atom. The predicted molar refractivity (Wildman–Crippen MR) is 101 cm³/mol. The average Bonchev–Trinajstić information content (AvgIpc) is 3.18. The van der Waals surface area contributed by atoms with Crippen LogP contribution in [-0.4, -0.2) is 67.0 Å². The number of aromatic nitrogens is 3. The van der Waals surface area contributed by atoms with Crippen molar-refractivity contribution in [1.82, 2.24) is 19.3 Å². The van der Waals surface area contributed by atoms with Crippen LogP contribution >= 0.6 is 0 Å². The van der Waals surface area contributed by atoms with E-state index in [1.807, 2.05) is 6.92 Å². The first-order valence-electron chi connectivity index (χ1n) is 8.98. The molecule has 3 rings (SSSR count). The van der Waals surface area contributed by atoms with Crippen LogP contribution in [0.25, 0.3) is 0 Å². The third kappa shape index (κ3) is 4.01. The first kappa shape index (κ1) is 20.9. The van der Waals surface area contributed by atoms with Crippen LogP contribution in [0.5, 0.6) is 0 Å². The van der Waals surface area contributed by atoms with Gasteiger partial charge in [0.2, 0.25) is 15.7 Å². The monoisotopic (exact) mass is 422 g/mol. The van der Waals surface area contributed by atoms with Gasteiger partial charge in [-0.2, -0.15) is 4.31 Å². The fraction of sp³-hybridized carbons (Fsp3) is 0.444. The summed E-state index contributed by atoms with van der Waals surface area (Å²) in [6, 6.07) is 6.38. The molecule has 0 unspecified atom stereocenters. The first-order chi connectivity index (χ1) is 13.8. The van der Waals surface area contributed by atoms with E-state index >= 15 is 0 Å². The molecule has 2 aromatic rings. The summed E-state index contributed by atoms with van der Waals surface area (Å²) < 4.78 is 37.8. The van der Waals surface area contributed by atoms with Gasteiger partial charge in [-0.15, -0.1) is 5.10 Å². The number of benzene rings is 1. The zero-order valence-corrected chi connectivity index (χ0v) is 17.2. The van der Waals surface area contributed by atoms with Crippen molar-refractivity contribution in [3.05, 3.63) is 41.2 Å². The van der Waals surface area contributed by atoms with E-state index in [2.05, 4.69) is 15.0 Å². The number of sulfonamides is 1. The molecule has 29 heavy (non-hydrogen) atoms. The Bertz CT molecular complexity index is 1010. The highest BCUT2D eigenvalue weighted by Crippen LogP contribution is 2.28. The van der Waals surface area contributed by atoms with Gasteiger partial charge in [0.1, 0.15) is 0 Å². The van der Waals surface area contributed by atoms with Gasteiger partial charge in [-0.1, -0.05) is 22.9 Å². The molecule has 156 valence electrons. The van der Waals surface area contributed by atoms with Crippen molar-refractivity contribution in [2.75, 3.05) is 27.3 Å². The van der Waals surface area contributed by atoms with Gasteiger partial charge in [0.15, 0.2) is 5.69 Å². The fourth-order valence-electron chi connectivity index (χ4n) is 3.26. The summed E-state index contributed by atoms with van der Waals surface area (Å²) in [5.74, 6) is -1.55. The number of nitrogens with zero attached hydrogens (tertiary/aromatic N) is 4. The minimum atomic E-state index is -3.61. The fourth-order valence-corrected chi connectivity index (χ4v) is 4.73. The van der Waals surface area contributed by atoms with E-state index in [-0.39, 0.29) is 35.4 Å². The second-order valence-corrected chi connectivity index (χ2v) is 8.60. The molecule has 0 aliphatic carbocycles. The second-order valence-electron chi connectivity index (χ2n) is 6.66. The highest BCUT2D eigenvalue weighted by Gasteiger charge is 2.34. The van der Waals surface area contributed by atoms with Crippen LogP contribution in [0.3, 0.4) is 0 Å². The molecule has 0 amide bonds. The van der Waals surface area contributed by atoms with Crippen molar-refractivity contribution >= 4 is 22.0 Å². The van der Waals surface area contributed by atoms with Crippen LogP contribution < -0.4 is 0 Å². The molecule has 1 saturated heterocycles. The summed E-state index contributed by atoms with van der Waals surface area (Å²) >= 11 is 0. The molecule has 1 fully saturated rings. The van der Waals surface area contributed by atoms with Crippen LogP contribution in [-0.2, 0) is 19.5 Å². The minimum Gasteiger partial charge on any atom is -0.464 e. The Balaban J connectivity index is 1.81. The number of esters is 2. The lowest BCUT2D eigenvalue weighted by Crippen LogP contribution is -2.39. The summed E-state index contributed by atoms with van der Waals surface area (Å²) in [7, 11) is -1.24. The second kappa shape index (κ2) is 8.29. The highest BCUT2D eigenvalue weighted by atomic mass is 32.2. The van der Waals surface area contributed by atoms with Crippen LogP contribution in [0.4, 0.5) is 0 Å². The van der Waals surface area contributed by atoms with E-state index in [1.54, 1.807) is 24.3 Å². The van der Waals surface area contributed by atoms with Gasteiger partial charge >= 0.3 is 11.9 Å². The Morgan fingerprint density at radius 2 is 1.62 bits per heavy atom. The van der Waals surface area contributed by atoms with E-state index < -0.39 is 22.0 Å². The molecule has 10 nitrogen and oxygen atoms in total. The maximum Gasteiger partial charge on any atom is 0.361 e. The molecular formula is C18H22N4O6S. The molecule has 1 aromatic carbocycles. The predicted octanol–water partition coefficient (Wildman–Crippen LogP) is 1.19. The Kier molecular flexibility index (Phi) is 5.99. The maximum absolute atomic E-state index is 12.9. The normalized spacial score (nSPS) is 15.8. The van der Waals surface area contributed by atoms with Crippen molar-refractivity contribution in [2.45, 2.75) is 30.7 Å². The van der Waals surface area contributed by atoms with E-state index in [4.69, 9.17) is 4.74 Å². The molecule has 1 aliphatic rings. The topological polar surface area (TPSA) is 121 Å². The maximum atomic E-state index is 12.9. The van der Waals surface area contributed by atoms with Crippen molar-refractivity contribution < 1.29 is 27.5 Å². The van der Waals surface area contributed by atoms with Crippen LogP contribution in [0.2, 0.25) is 0 Å². The Labute approximate surface area is 168 Å². The molecule has 11 heteroatoms. The minimum absolute atomic E-state index is 0.0980. The molecular weight excluding hydrogens is 400 g/mol. The van der Waals surface area contributed by atoms with Gasteiger partial charge in [-0.25, -0.2) is 22.7 Å². The highest BCUT2D eigenvalue weighted by molar-refractivity contribution is 7.89. The summed E-state index contributed by atoms with van der Waals surface area (Å²) in [5.41, 5.74) is 0.652. The Morgan fingerprint density at radius 3 is 2.17 bits per heavy atom. The van der Waals surface area contributed by atoms with Gasteiger partial charge in [0, 0.05) is 13.1 Å². The van der Waals surface area contributed by atoms with Crippen molar-refractivity contribution in [2.24, 2.45) is 0 Å². The number of hydrogen-bond donors (Lipinski definition) is 0. The van der Waals surface area contributed by atoms with Gasteiger partial charge in [-0.3, -0.25) is 0 Å². The number of aryl methyl sites for hydroxylation is 1. The van der Waals surface area contributed by atoms with Gasteiger partial charge in [0.05, 0.1) is 25.2 Å². The number of carbonyl (C=O) groups is 2. The quantitative estimate of drug-likeness (QED) is 0.659. The molecule has 1 aliphatic heterocycles. The van der Waals surface area contributed by atoms with Crippen molar-refractivity contribution in [1.29, 1.82) is 0 Å². The third-order valence-corrected chi connectivity index (χ3v) is 6.79. The van der Waals surface area contributed by atoms with E-state index in [0.29, 0.717) is 12.8 Å². The molecule has 0 N–H and O–H groups in total. The van der Waals surface area contributed by atoms with Gasteiger partial charge in [-0.05, 0) is 31.9 Å². The first-order valence-corrected chi connectivity index (χ1v) is 10.4. The van der Waals surface area contributed by atoms with E-state index in [0.717, 1.165) is 5.56 Å². The summed E-state index contributed by atoms with van der Waals surface area (Å²) in [4.78, 5) is 24.3. The number of hydrogen-bond acceptors (Lipinski definition) is 8. The van der Waals surface area contributed by atoms with Gasteiger partial charge in [0.25, 0.3) is 0 Å². The largest absolute Gasteiger partial charge is 0.464 e. The molecule has 0 saturated carbocycles. The molecule has 2 heterocycles. The van der Waals surface area contributed by atoms with Crippen molar-refractivity contribution in [3.63, 3.8) is 0 Å². The standard InChI is InChI=1S/C18H22N4O6S/c1-12-4-6-14(7-5-12)29(25,26)21-10-8-13(9-11-21)22-16(18(24)28-3)15(19-20-22)17(23)27-2/h4-7,13H,8-11H2,1-3H3. The number of carbonyl (C=O) groups excluding carboxylic acids is 2. The van der Waals surface area contributed by atoms with Crippen LogP contribution in [0, 0.1) is 6.92 Å². The Hall–Kier alpha value is -2.79. The van der Waals surface area contributed by atoms with Crippen LogP contribution in [0.15, 0.2) is 29.2 Å². The molecule has 0 radical (unpaired) electrons. The lowest BCUT2D eigenvalue weighted by Gasteiger charge is -2.31. The molecule has 0 bridgehead atoms. The van der Waals surface area contributed by atoms with Crippen LogP contribution in [0.1, 0.15) is 45.4 Å². The number of piperidine rings is 1. The number of rotatable bonds is 5. The average molecular weight is 422 g/mol. The lowest BCUT2D eigenvalue weighted by atomic mass is 10.1. The zero-order valence-electron chi connectivity index (χ0n) is 16.4. The summed E-state index contributed by atoms with van der Waals surface area (Å²) in [5, 5.41) is 7.69. The van der Waals surface area contributed by atoms with Gasteiger partial charge < -0.3 is 9.47 Å². The third-order valence-electron chi connectivity index (χ3n) is 4.88. The molecule has 0 spiro atoms. The van der Waals surface area contributed by atoms with E-state index in [1.165, 1.54) is 23.2 Å². The van der Waals surface area contributed by atoms with E-state index in [9.17, 15) is 18.0 Å². The molecule has 0 atom stereocenters. The smallest absolute Gasteiger partial charge is 0.361 e. The zero-order chi connectivity index (χ0) is 21.2. The van der Waals surface area contributed by atoms with Crippen molar-refractivity contribution in [3.8, 4) is 0 Å². The number of ether oxygens (including phenoxy) is 2.